The third-order valence-corrected chi connectivity index (χ3v) is 9.40. The summed E-state index contributed by atoms with van der Waals surface area (Å²) in [5, 5.41) is 10.5. The van der Waals surface area contributed by atoms with Crippen LogP contribution in [0.25, 0.3) is 0 Å². The summed E-state index contributed by atoms with van der Waals surface area (Å²) in [4.78, 5) is 19.0. The molecule has 1 aliphatic rings. The van der Waals surface area contributed by atoms with Gasteiger partial charge in [0, 0.05) is 71.1 Å². The number of halogens is 1. The number of hydrogen-bond acceptors (Lipinski definition) is 8. The molecule has 1 amide bonds. The monoisotopic (exact) mass is 624 g/mol. The van der Waals surface area contributed by atoms with E-state index >= 15 is 0 Å². The van der Waals surface area contributed by atoms with Crippen LogP contribution < -0.4 is 20.3 Å². The van der Waals surface area contributed by atoms with E-state index in [1.165, 1.54) is 10.6 Å². The van der Waals surface area contributed by atoms with Gasteiger partial charge in [-0.1, -0.05) is 24.6 Å². The van der Waals surface area contributed by atoms with Crippen molar-refractivity contribution in [2.45, 2.75) is 84.4 Å². The van der Waals surface area contributed by atoms with E-state index in [4.69, 9.17) is 4.74 Å². The molecule has 0 bridgehead atoms. The fraction of sp³-hybridized carbons (Fsp3) is 0.677. The van der Waals surface area contributed by atoms with Crippen molar-refractivity contribution >= 4 is 27.8 Å². The summed E-state index contributed by atoms with van der Waals surface area (Å²) in [6.45, 7) is 10.7. The largest absolute Gasteiger partial charge is 0.379 e. The topological polar surface area (TPSA) is 115 Å². The van der Waals surface area contributed by atoms with Crippen LogP contribution in [0, 0.1) is 12.8 Å². The van der Waals surface area contributed by atoms with E-state index in [1.807, 2.05) is 39.0 Å². The first-order chi connectivity index (χ1) is 20.0. The van der Waals surface area contributed by atoms with Crippen LogP contribution in [0.4, 0.5) is 10.1 Å². The van der Waals surface area contributed by atoms with Gasteiger partial charge in [-0.2, -0.15) is 0 Å². The molecule has 1 aromatic carbocycles. The molecule has 10 nitrogen and oxygen atoms in total. The molecule has 3 N–H and O–H groups in total. The lowest BCUT2D eigenvalue weighted by atomic mass is 9.76. The van der Waals surface area contributed by atoms with Crippen LogP contribution in [0.2, 0.25) is 0 Å². The Hall–Kier alpha value is -2.38. The first-order valence-electron chi connectivity index (χ1n) is 14.9. The van der Waals surface area contributed by atoms with Crippen molar-refractivity contribution in [3.8, 4) is 0 Å². The van der Waals surface area contributed by atoms with E-state index in [0.29, 0.717) is 44.7 Å². The zero-order valence-electron chi connectivity index (χ0n) is 27.6. The molecule has 0 fully saturated rings. The average molecular weight is 625 g/mol. The Labute approximate surface area is 258 Å². The number of nitrogens with one attached hydrogen (secondary N) is 3. The second kappa shape index (κ2) is 16.1. The second-order valence-electron chi connectivity index (χ2n) is 12.1. The summed E-state index contributed by atoms with van der Waals surface area (Å²) in [6, 6.07) is 5.75. The third-order valence-electron chi connectivity index (χ3n) is 8.21. The van der Waals surface area contributed by atoms with Gasteiger partial charge in [0.05, 0.1) is 30.8 Å². The molecule has 2 rings (SSSR count). The smallest absolute Gasteiger partial charge is 0.249 e. The van der Waals surface area contributed by atoms with Crippen molar-refractivity contribution in [3.05, 3.63) is 40.5 Å². The number of alkyl halides is 1. The molecule has 1 aromatic rings. The number of anilines is 1. The summed E-state index contributed by atoms with van der Waals surface area (Å²) < 4.78 is 45.6. The Morgan fingerprint density at radius 3 is 2.51 bits per heavy atom. The molecule has 0 spiro atoms. The fourth-order valence-electron chi connectivity index (χ4n) is 5.48. The molecule has 0 aromatic heterocycles. The lowest BCUT2D eigenvalue weighted by Gasteiger charge is -2.44. The zero-order chi connectivity index (χ0) is 32.5. The van der Waals surface area contributed by atoms with Crippen LogP contribution in [-0.4, -0.2) is 97.1 Å². The van der Waals surface area contributed by atoms with E-state index in [1.54, 1.807) is 46.3 Å². The molecule has 12 heteroatoms. The van der Waals surface area contributed by atoms with Gasteiger partial charge in [-0.3, -0.25) is 24.7 Å². The van der Waals surface area contributed by atoms with E-state index in [2.05, 4.69) is 27.9 Å². The Balaban J connectivity index is 2.23. The van der Waals surface area contributed by atoms with E-state index in [9.17, 15) is 17.6 Å². The molecule has 0 saturated carbocycles. The van der Waals surface area contributed by atoms with Gasteiger partial charge in [0.15, 0.2) is 0 Å². The first kappa shape index (κ1) is 36.8. The minimum Gasteiger partial charge on any atom is -0.379 e. The van der Waals surface area contributed by atoms with Gasteiger partial charge in [0.25, 0.3) is 0 Å². The number of carbonyl (C=O) groups is 1. The standard InChI is InChI=1S/C31H53FN6O4S/c1-11-24(23(4)32)17-33-19-29(36-31(5)16-22(3)26(15-28(31)42-9)30(39)37(6)7)35-20-34-18-25-13-12-21(2)14-27(25)38(8)43(10,40)41/h12-14,17,23-24,28-29,34-36H,11,15-16,18-20H2,1-10H3. The highest BCUT2D eigenvalue weighted by Crippen LogP contribution is 2.35. The van der Waals surface area contributed by atoms with Gasteiger partial charge in [-0.05, 0) is 57.7 Å². The van der Waals surface area contributed by atoms with E-state index in [-0.39, 0.29) is 24.1 Å². The van der Waals surface area contributed by atoms with Gasteiger partial charge in [0.2, 0.25) is 15.9 Å². The van der Waals surface area contributed by atoms with Crippen molar-refractivity contribution in [2.75, 3.05) is 52.0 Å². The maximum Gasteiger partial charge on any atom is 0.249 e. The summed E-state index contributed by atoms with van der Waals surface area (Å²) in [5.74, 6) is -0.264. The number of aryl methyl sites for hydroxylation is 1. The molecule has 0 heterocycles. The van der Waals surface area contributed by atoms with Crippen LogP contribution in [0.1, 0.15) is 58.1 Å². The van der Waals surface area contributed by atoms with Crippen LogP contribution in [0.3, 0.4) is 0 Å². The van der Waals surface area contributed by atoms with E-state index in [0.717, 1.165) is 22.3 Å². The number of benzene rings is 1. The maximum absolute atomic E-state index is 14.0. The molecular formula is C31H53FN6O4S. The summed E-state index contributed by atoms with van der Waals surface area (Å²) in [7, 11) is 3.30. The maximum atomic E-state index is 14.0. The normalized spacial score (nSPS) is 21.6. The number of carbonyl (C=O) groups excluding carboxylic acids is 1. The van der Waals surface area contributed by atoms with E-state index < -0.39 is 21.7 Å². The third kappa shape index (κ3) is 10.3. The van der Waals surface area contributed by atoms with Crippen LogP contribution in [0.15, 0.2) is 34.3 Å². The summed E-state index contributed by atoms with van der Waals surface area (Å²) in [6.07, 6.45) is 3.10. The highest BCUT2D eigenvalue weighted by molar-refractivity contribution is 7.92. The number of hydrogen-bond donors (Lipinski definition) is 3. The molecule has 0 aliphatic heterocycles. The van der Waals surface area contributed by atoms with Crippen LogP contribution in [-0.2, 0) is 26.1 Å². The Kier molecular flexibility index (Phi) is 13.8. The van der Waals surface area contributed by atoms with Gasteiger partial charge in [0.1, 0.15) is 6.17 Å². The molecule has 1 aliphatic carbocycles. The fourth-order valence-corrected chi connectivity index (χ4v) is 6.01. The zero-order valence-corrected chi connectivity index (χ0v) is 28.4. The van der Waals surface area contributed by atoms with Crippen molar-refractivity contribution < 1.29 is 22.3 Å². The molecule has 5 atom stereocenters. The quantitative estimate of drug-likeness (QED) is 0.147. The molecule has 5 unspecified atom stereocenters. The lowest BCUT2D eigenvalue weighted by molar-refractivity contribution is -0.125. The van der Waals surface area contributed by atoms with Gasteiger partial charge >= 0.3 is 0 Å². The second-order valence-corrected chi connectivity index (χ2v) is 14.1. The molecular weight excluding hydrogens is 571 g/mol. The Morgan fingerprint density at radius 2 is 1.95 bits per heavy atom. The lowest BCUT2D eigenvalue weighted by Crippen LogP contribution is -2.63. The molecule has 0 radical (unpaired) electrons. The van der Waals surface area contributed by atoms with Crippen LogP contribution in [0.5, 0.6) is 0 Å². The van der Waals surface area contributed by atoms with Gasteiger partial charge in [-0.25, -0.2) is 12.8 Å². The minimum atomic E-state index is -3.42. The highest BCUT2D eigenvalue weighted by Gasteiger charge is 2.42. The highest BCUT2D eigenvalue weighted by atomic mass is 32.2. The average Bonchev–Trinajstić information content (AvgIpc) is 2.92. The number of aliphatic imine (C=N–C) groups is 1. The first-order valence-corrected chi connectivity index (χ1v) is 16.7. The van der Waals surface area contributed by atoms with Crippen molar-refractivity contribution in [1.29, 1.82) is 0 Å². The predicted molar refractivity (Wildman–Crippen MR) is 174 cm³/mol. The minimum absolute atomic E-state index is 0.00647. The number of amides is 1. The van der Waals surface area contributed by atoms with Gasteiger partial charge < -0.3 is 15.0 Å². The Bertz CT molecular complexity index is 1250. The summed E-state index contributed by atoms with van der Waals surface area (Å²) >= 11 is 0. The van der Waals surface area contributed by atoms with Crippen molar-refractivity contribution in [3.63, 3.8) is 0 Å². The molecule has 0 saturated heterocycles. The van der Waals surface area contributed by atoms with Crippen molar-refractivity contribution in [1.82, 2.24) is 20.9 Å². The predicted octanol–water partition coefficient (Wildman–Crippen LogP) is 3.37. The summed E-state index contributed by atoms with van der Waals surface area (Å²) in [5.41, 5.74) is 3.74. The molecule has 43 heavy (non-hydrogen) atoms. The number of likely N-dealkylation sites (N-methyl/N-ethyl adjacent to an activating group) is 1. The molecule has 244 valence electrons. The Morgan fingerprint density at radius 1 is 1.28 bits per heavy atom. The van der Waals surface area contributed by atoms with Crippen molar-refractivity contribution in [2.24, 2.45) is 10.9 Å². The van der Waals surface area contributed by atoms with Gasteiger partial charge in [-0.15, -0.1) is 0 Å². The number of ether oxygens (including phenoxy) is 1. The SMILES string of the molecule is CCC(C=NCC(NCNCc1ccc(C)cc1N(C)S(C)(=O)=O)NC1(C)CC(C)=C(C(=O)N(C)C)CC1OC)C(C)F. The number of methoxy groups -OCH3 is 1. The number of nitrogens with zero attached hydrogens (tertiary/aromatic N) is 3. The van der Waals surface area contributed by atoms with Crippen LogP contribution >= 0.6 is 0 Å². The number of sulfonamides is 1. The number of rotatable bonds is 16.